The van der Waals surface area contributed by atoms with Crippen molar-refractivity contribution in [1.82, 2.24) is 0 Å². The Kier molecular flexibility index (Phi) is 3.56. The normalized spacial score (nSPS) is 11.8. The van der Waals surface area contributed by atoms with Gasteiger partial charge in [-0.25, -0.2) is 0 Å². The highest BCUT2D eigenvalue weighted by molar-refractivity contribution is 6.19. The lowest BCUT2D eigenvalue weighted by atomic mass is 10.0. The summed E-state index contributed by atoms with van der Waals surface area (Å²) in [6.45, 7) is 6.27. The van der Waals surface area contributed by atoms with Crippen LogP contribution < -0.4 is 0 Å². The molecule has 70 valence electrons. The van der Waals surface area contributed by atoms with Crippen molar-refractivity contribution in [2.24, 2.45) is 0 Å². The summed E-state index contributed by atoms with van der Waals surface area (Å²) in [7, 11) is 0. The van der Waals surface area contributed by atoms with Gasteiger partial charge in [0.2, 0.25) is 0 Å². The van der Waals surface area contributed by atoms with Crippen LogP contribution in [0, 0.1) is 13.8 Å². The van der Waals surface area contributed by atoms with Crippen LogP contribution in [0.5, 0.6) is 0 Å². The van der Waals surface area contributed by atoms with Crippen LogP contribution in [0.4, 0.5) is 0 Å². The number of rotatable bonds is 2. The molecule has 0 radical (unpaired) electrons. The molecule has 1 rings (SSSR count). The van der Waals surface area contributed by atoms with Gasteiger partial charge in [-0.3, -0.25) is 0 Å². The highest BCUT2D eigenvalue weighted by Crippen LogP contribution is 2.14. The highest BCUT2D eigenvalue weighted by atomic mass is 35.5. The lowest BCUT2D eigenvalue weighted by Gasteiger charge is -2.03. The van der Waals surface area contributed by atoms with Crippen LogP contribution in [-0.2, 0) is 0 Å². The van der Waals surface area contributed by atoms with E-state index >= 15 is 0 Å². The second kappa shape index (κ2) is 4.48. The summed E-state index contributed by atoms with van der Waals surface area (Å²) < 4.78 is 0. The van der Waals surface area contributed by atoms with Gasteiger partial charge in [0.15, 0.2) is 0 Å². The molecule has 0 bridgehead atoms. The van der Waals surface area contributed by atoms with Gasteiger partial charge in [0.1, 0.15) is 0 Å². The Morgan fingerprint density at radius 3 is 2.69 bits per heavy atom. The van der Waals surface area contributed by atoms with Gasteiger partial charge in [-0.1, -0.05) is 35.4 Å². The van der Waals surface area contributed by atoms with Crippen molar-refractivity contribution in [3.63, 3.8) is 0 Å². The zero-order valence-corrected chi connectivity index (χ0v) is 9.15. The molecule has 13 heavy (non-hydrogen) atoms. The summed E-state index contributed by atoms with van der Waals surface area (Å²) in [6.07, 6.45) is 2.15. The van der Waals surface area contributed by atoms with Gasteiger partial charge in [-0.2, -0.15) is 0 Å². The number of alkyl halides is 1. The standard InChI is InChI=1S/C12H15Cl/c1-9-4-5-11(3)12(6-9)7-10(2)8-13/h4-7H,8H2,1-3H3/b10-7-. The molecular formula is C12H15Cl. The van der Waals surface area contributed by atoms with Crippen molar-refractivity contribution in [2.45, 2.75) is 20.8 Å². The predicted octanol–water partition coefficient (Wildman–Crippen LogP) is 3.95. The summed E-state index contributed by atoms with van der Waals surface area (Å²) in [6, 6.07) is 6.46. The second-order valence-electron chi connectivity index (χ2n) is 3.48. The molecule has 0 amide bonds. The molecule has 1 aromatic rings. The Morgan fingerprint density at radius 2 is 2.08 bits per heavy atom. The van der Waals surface area contributed by atoms with Gasteiger partial charge in [0.25, 0.3) is 0 Å². The Morgan fingerprint density at radius 1 is 1.38 bits per heavy atom. The minimum atomic E-state index is 0.605. The molecule has 0 spiro atoms. The maximum Gasteiger partial charge on any atom is 0.0434 e. The van der Waals surface area contributed by atoms with Crippen LogP contribution in [0.25, 0.3) is 6.08 Å². The quantitative estimate of drug-likeness (QED) is 0.626. The third-order valence-electron chi connectivity index (χ3n) is 2.05. The molecule has 1 heteroatoms. The molecule has 0 aromatic heterocycles. The van der Waals surface area contributed by atoms with Gasteiger partial charge in [-0.15, -0.1) is 11.6 Å². The zero-order chi connectivity index (χ0) is 9.84. The summed E-state index contributed by atoms with van der Waals surface area (Å²) in [5, 5.41) is 0. The van der Waals surface area contributed by atoms with Crippen LogP contribution >= 0.6 is 11.6 Å². The van der Waals surface area contributed by atoms with Crippen molar-refractivity contribution in [3.8, 4) is 0 Å². The first-order chi connectivity index (χ1) is 6.13. The number of allylic oxidation sites excluding steroid dienone is 1. The monoisotopic (exact) mass is 194 g/mol. The molecule has 0 heterocycles. The average molecular weight is 195 g/mol. The molecule has 0 aliphatic heterocycles. The first kappa shape index (κ1) is 10.3. The molecule has 0 aliphatic carbocycles. The van der Waals surface area contributed by atoms with Gasteiger partial charge >= 0.3 is 0 Å². The zero-order valence-electron chi connectivity index (χ0n) is 8.39. The number of benzene rings is 1. The Bertz CT molecular complexity index is 324. The third-order valence-corrected chi connectivity index (χ3v) is 2.47. The van der Waals surface area contributed by atoms with E-state index in [0.29, 0.717) is 5.88 Å². The smallest absolute Gasteiger partial charge is 0.0434 e. The van der Waals surface area contributed by atoms with E-state index in [1.54, 1.807) is 0 Å². The van der Waals surface area contributed by atoms with Crippen molar-refractivity contribution in [3.05, 3.63) is 40.5 Å². The van der Waals surface area contributed by atoms with E-state index in [1.165, 1.54) is 22.3 Å². The molecule has 0 atom stereocenters. The fraction of sp³-hybridized carbons (Fsp3) is 0.333. The van der Waals surface area contributed by atoms with Crippen molar-refractivity contribution >= 4 is 17.7 Å². The van der Waals surface area contributed by atoms with E-state index in [-0.39, 0.29) is 0 Å². The van der Waals surface area contributed by atoms with E-state index in [0.717, 1.165) is 0 Å². The van der Waals surface area contributed by atoms with Gasteiger partial charge < -0.3 is 0 Å². The fourth-order valence-electron chi connectivity index (χ4n) is 1.22. The van der Waals surface area contributed by atoms with Crippen LogP contribution in [-0.4, -0.2) is 5.88 Å². The predicted molar refractivity (Wildman–Crippen MR) is 60.3 cm³/mol. The topological polar surface area (TPSA) is 0 Å². The van der Waals surface area contributed by atoms with Crippen LogP contribution in [0.15, 0.2) is 23.8 Å². The molecule has 0 unspecified atom stereocenters. The van der Waals surface area contributed by atoms with Crippen LogP contribution in [0.3, 0.4) is 0 Å². The van der Waals surface area contributed by atoms with Crippen molar-refractivity contribution < 1.29 is 0 Å². The first-order valence-electron chi connectivity index (χ1n) is 4.44. The maximum atomic E-state index is 5.73. The van der Waals surface area contributed by atoms with Gasteiger partial charge in [0.05, 0.1) is 0 Å². The molecule has 0 saturated carbocycles. The summed E-state index contributed by atoms with van der Waals surface area (Å²) in [4.78, 5) is 0. The Hall–Kier alpha value is -0.750. The highest BCUT2D eigenvalue weighted by Gasteiger charge is 1.95. The minimum Gasteiger partial charge on any atom is -0.122 e. The first-order valence-corrected chi connectivity index (χ1v) is 4.97. The molecule has 0 aliphatic rings. The maximum absolute atomic E-state index is 5.73. The van der Waals surface area contributed by atoms with Crippen molar-refractivity contribution in [1.29, 1.82) is 0 Å². The third kappa shape index (κ3) is 2.89. The van der Waals surface area contributed by atoms with Gasteiger partial charge in [-0.05, 0) is 31.9 Å². The largest absolute Gasteiger partial charge is 0.122 e. The molecule has 0 N–H and O–H groups in total. The van der Waals surface area contributed by atoms with E-state index in [4.69, 9.17) is 11.6 Å². The molecular weight excluding hydrogens is 180 g/mol. The van der Waals surface area contributed by atoms with E-state index in [1.807, 2.05) is 0 Å². The van der Waals surface area contributed by atoms with E-state index < -0.39 is 0 Å². The number of halogens is 1. The molecule has 1 aromatic carbocycles. The SMILES string of the molecule is C/C(=C/c1cc(C)ccc1C)CCl. The molecule has 0 saturated heterocycles. The van der Waals surface area contributed by atoms with Crippen LogP contribution in [0.2, 0.25) is 0 Å². The summed E-state index contributed by atoms with van der Waals surface area (Å²) >= 11 is 5.73. The molecule has 0 nitrogen and oxygen atoms in total. The molecule has 0 fully saturated rings. The van der Waals surface area contributed by atoms with E-state index in [2.05, 4.69) is 45.0 Å². The van der Waals surface area contributed by atoms with E-state index in [9.17, 15) is 0 Å². The lowest BCUT2D eigenvalue weighted by molar-refractivity contribution is 1.35. The minimum absolute atomic E-state index is 0.605. The Labute approximate surface area is 85.2 Å². The van der Waals surface area contributed by atoms with Crippen molar-refractivity contribution in [2.75, 3.05) is 5.88 Å². The number of hydrogen-bond donors (Lipinski definition) is 0. The fourth-order valence-corrected chi connectivity index (χ4v) is 1.30. The number of aryl methyl sites for hydroxylation is 2. The average Bonchev–Trinajstić information content (AvgIpc) is 2.11. The summed E-state index contributed by atoms with van der Waals surface area (Å²) in [5.74, 6) is 0.605. The van der Waals surface area contributed by atoms with Crippen LogP contribution in [0.1, 0.15) is 23.6 Å². The number of hydrogen-bond acceptors (Lipinski definition) is 0. The Balaban J connectivity index is 3.07. The lowest BCUT2D eigenvalue weighted by Crippen LogP contribution is -1.84. The summed E-state index contributed by atoms with van der Waals surface area (Å²) in [5.41, 5.74) is 5.07. The van der Waals surface area contributed by atoms with Gasteiger partial charge in [0, 0.05) is 5.88 Å². The second-order valence-corrected chi connectivity index (χ2v) is 3.75.